The molecule has 0 saturated heterocycles. The molecule has 1 aliphatic rings. The number of thioether (sulfide) groups is 1. The molecule has 0 aliphatic carbocycles. The number of benzene rings is 1. The Morgan fingerprint density at radius 3 is 3.10 bits per heavy atom. The van der Waals surface area contributed by atoms with Gasteiger partial charge in [-0.3, -0.25) is 16.0 Å². The van der Waals surface area contributed by atoms with E-state index in [9.17, 15) is 0 Å². The van der Waals surface area contributed by atoms with Gasteiger partial charge in [-0.05, 0) is 34.5 Å². The molecular weight excluding hydrogens is 336 g/mol. The van der Waals surface area contributed by atoms with Crippen LogP contribution in [0.3, 0.4) is 0 Å². The topological polar surface area (TPSA) is 55.9 Å². The van der Waals surface area contributed by atoms with E-state index in [4.69, 9.17) is 5.84 Å². The van der Waals surface area contributed by atoms with Gasteiger partial charge in [0.25, 0.3) is 0 Å². The number of aromatic nitrogens is 2. The summed E-state index contributed by atoms with van der Waals surface area (Å²) in [6.45, 7) is 2.93. The molecule has 106 valence electrons. The minimum absolute atomic E-state index is 0.0583. The van der Waals surface area contributed by atoms with E-state index in [0.717, 1.165) is 22.5 Å². The maximum atomic E-state index is 5.87. The minimum atomic E-state index is 0.0583. The van der Waals surface area contributed by atoms with Gasteiger partial charge in [-0.25, -0.2) is 0 Å². The van der Waals surface area contributed by atoms with Gasteiger partial charge in [0.2, 0.25) is 0 Å². The van der Waals surface area contributed by atoms with Crippen LogP contribution in [0.25, 0.3) is 0 Å². The fraction of sp³-hybridized carbons (Fsp3) is 0.357. The van der Waals surface area contributed by atoms with Crippen LogP contribution < -0.4 is 11.3 Å². The molecule has 3 N–H and O–H groups in total. The third-order valence-electron chi connectivity index (χ3n) is 3.75. The Morgan fingerprint density at radius 2 is 2.35 bits per heavy atom. The lowest BCUT2D eigenvalue weighted by molar-refractivity contribution is 0.441. The Morgan fingerprint density at radius 1 is 1.55 bits per heavy atom. The predicted octanol–water partition coefficient (Wildman–Crippen LogP) is 3.06. The molecule has 0 amide bonds. The monoisotopic (exact) mass is 352 g/mol. The summed E-state index contributed by atoms with van der Waals surface area (Å²) in [6, 6.07) is 8.62. The third-order valence-corrected chi connectivity index (χ3v) is 5.57. The average molecular weight is 353 g/mol. The summed E-state index contributed by atoms with van der Waals surface area (Å²) in [6.07, 6.45) is 1.84. The fourth-order valence-corrected chi connectivity index (χ4v) is 4.62. The summed E-state index contributed by atoms with van der Waals surface area (Å²) in [5.41, 5.74) is 5.49. The van der Waals surface area contributed by atoms with Crippen molar-refractivity contribution in [1.29, 1.82) is 0 Å². The lowest BCUT2D eigenvalue weighted by Gasteiger charge is -2.24. The zero-order valence-electron chi connectivity index (χ0n) is 11.2. The molecule has 0 spiro atoms. The number of nitrogens with zero attached hydrogens (tertiary/aromatic N) is 2. The smallest absolute Gasteiger partial charge is 0.0717 e. The highest BCUT2D eigenvalue weighted by molar-refractivity contribution is 9.10. The molecule has 6 heteroatoms. The Hall–Kier alpha value is -0.820. The van der Waals surface area contributed by atoms with Crippen molar-refractivity contribution in [1.82, 2.24) is 15.2 Å². The summed E-state index contributed by atoms with van der Waals surface area (Å²) >= 11 is 5.50. The molecular formula is C14H17BrN4S. The quantitative estimate of drug-likeness (QED) is 0.655. The predicted molar refractivity (Wildman–Crippen MR) is 85.6 cm³/mol. The van der Waals surface area contributed by atoms with Crippen molar-refractivity contribution in [2.75, 3.05) is 5.75 Å². The number of fused-ring (bicyclic) bond motifs is 1. The van der Waals surface area contributed by atoms with Crippen molar-refractivity contribution in [3.05, 3.63) is 46.2 Å². The van der Waals surface area contributed by atoms with Crippen LogP contribution in [-0.2, 0) is 6.54 Å². The van der Waals surface area contributed by atoms with Crippen LogP contribution in [-0.4, -0.2) is 15.5 Å². The summed E-state index contributed by atoms with van der Waals surface area (Å²) in [7, 11) is 0. The second-order valence-electron chi connectivity index (χ2n) is 4.79. The normalized spacial score (nSPS) is 19.1. The maximum Gasteiger partial charge on any atom is 0.0717 e. The molecule has 0 radical (unpaired) electrons. The molecule has 2 atom stereocenters. The Balaban J connectivity index is 2.01. The summed E-state index contributed by atoms with van der Waals surface area (Å²) < 4.78 is 3.01. The van der Waals surface area contributed by atoms with Crippen LogP contribution in [0.2, 0.25) is 0 Å². The number of halogens is 1. The van der Waals surface area contributed by atoms with Gasteiger partial charge < -0.3 is 0 Å². The van der Waals surface area contributed by atoms with Crippen molar-refractivity contribution < 1.29 is 0 Å². The summed E-state index contributed by atoms with van der Waals surface area (Å²) in [5, 5.41) is 4.40. The molecule has 2 heterocycles. The molecule has 1 aliphatic heterocycles. The van der Waals surface area contributed by atoms with Crippen LogP contribution in [0.15, 0.2) is 39.8 Å². The lowest BCUT2D eigenvalue weighted by Crippen LogP contribution is -2.34. The van der Waals surface area contributed by atoms with Crippen molar-refractivity contribution >= 4 is 27.7 Å². The number of hydrogen-bond donors (Lipinski definition) is 2. The van der Waals surface area contributed by atoms with Gasteiger partial charge >= 0.3 is 0 Å². The first-order chi connectivity index (χ1) is 9.76. The zero-order chi connectivity index (χ0) is 14.1. The second kappa shape index (κ2) is 5.89. The molecule has 2 unspecified atom stereocenters. The largest absolute Gasteiger partial charge is 0.271 e. The van der Waals surface area contributed by atoms with Gasteiger partial charge in [-0.15, -0.1) is 11.8 Å². The van der Waals surface area contributed by atoms with Crippen molar-refractivity contribution in [2.45, 2.75) is 30.3 Å². The molecule has 2 aromatic rings. The highest BCUT2D eigenvalue weighted by Gasteiger charge is 2.33. The fourth-order valence-electron chi connectivity index (χ4n) is 2.78. The molecule has 0 saturated carbocycles. The molecule has 1 aromatic carbocycles. The number of aryl methyl sites for hydroxylation is 1. The number of nitrogens with one attached hydrogen (secondary N) is 1. The van der Waals surface area contributed by atoms with E-state index < -0.39 is 0 Å². The second-order valence-corrected chi connectivity index (χ2v) is 6.71. The van der Waals surface area contributed by atoms with Gasteiger partial charge in [-0.2, -0.15) is 5.10 Å². The average Bonchev–Trinajstić information content (AvgIpc) is 3.06. The van der Waals surface area contributed by atoms with Gasteiger partial charge in [0.05, 0.1) is 22.4 Å². The van der Waals surface area contributed by atoms with E-state index in [1.807, 2.05) is 22.6 Å². The van der Waals surface area contributed by atoms with E-state index in [1.54, 1.807) is 0 Å². The van der Waals surface area contributed by atoms with Gasteiger partial charge in [-0.1, -0.05) is 18.2 Å². The standard InChI is InChI=1S/C14H17BrN4S/c1-2-19-14(11(15)7-17-19)13(18-16)10-8-20-12-6-4-3-5-9(10)12/h3-7,10,13,18H,2,8,16H2,1H3. The SMILES string of the molecule is CCn1ncc(Br)c1C(NN)C1CSc2ccccc21. The van der Waals surface area contributed by atoms with Crippen LogP contribution in [0.4, 0.5) is 0 Å². The van der Waals surface area contributed by atoms with Crippen LogP contribution in [0.1, 0.15) is 30.1 Å². The third kappa shape index (κ3) is 2.30. The van der Waals surface area contributed by atoms with Gasteiger partial charge in [0.15, 0.2) is 0 Å². The van der Waals surface area contributed by atoms with Gasteiger partial charge in [0, 0.05) is 23.1 Å². The first kappa shape index (κ1) is 14.1. The van der Waals surface area contributed by atoms with Crippen LogP contribution >= 0.6 is 27.7 Å². The van der Waals surface area contributed by atoms with E-state index in [0.29, 0.717) is 5.92 Å². The number of nitrogens with two attached hydrogens (primary N) is 1. The molecule has 3 rings (SSSR count). The minimum Gasteiger partial charge on any atom is -0.271 e. The maximum absolute atomic E-state index is 5.87. The van der Waals surface area contributed by atoms with Crippen molar-refractivity contribution in [2.24, 2.45) is 5.84 Å². The number of hydrazine groups is 1. The van der Waals surface area contributed by atoms with E-state index in [2.05, 4.69) is 57.6 Å². The van der Waals surface area contributed by atoms with Crippen LogP contribution in [0.5, 0.6) is 0 Å². The van der Waals surface area contributed by atoms with E-state index in [1.165, 1.54) is 10.5 Å². The summed E-state index contributed by atoms with van der Waals surface area (Å²) in [4.78, 5) is 1.36. The number of rotatable bonds is 4. The Kier molecular flexibility index (Phi) is 4.16. The molecule has 1 aromatic heterocycles. The highest BCUT2D eigenvalue weighted by Crippen LogP contribution is 2.46. The molecule has 20 heavy (non-hydrogen) atoms. The Labute approximate surface area is 131 Å². The molecule has 0 bridgehead atoms. The van der Waals surface area contributed by atoms with Gasteiger partial charge in [0.1, 0.15) is 0 Å². The zero-order valence-corrected chi connectivity index (χ0v) is 13.6. The molecule has 0 fully saturated rings. The Bertz CT molecular complexity index is 613. The highest BCUT2D eigenvalue weighted by atomic mass is 79.9. The molecule has 4 nitrogen and oxygen atoms in total. The van der Waals surface area contributed by atoms with Crippen molar-refractivity contribution in [3.8, 4) is 0 Å². The summed E-state index contributed by atoms with van der Waals surface area (Å²) in [5.74, 6) is 7.27. The van der Waals surface area contributed by atoms with Crippen LogP contribution in [0, 0.1) is 0 Å². The van der Waals surface area contributed by atoms with E-state index >= 15 is 0 Å². The van der Waals surface area contributed by atoms with E-state index in [-0.39, 0.29) is 6.04 Å². The number of hydrogen-bond acceptors (Lipinski definition) is 4. The first-order valence-corrected chi connectivity index (χ1v) is 8.43. The lowest BCUT2D eigenvalue weighted by atomic mass is 9.91. The van der Waals surface area contributed by atoms with Crippen molar-refractivity contribution in [3.63, 3.8) is 0 Å². The first-order valence-electron chi connectivity index (χ1n) is 6.65.